The van der Waals surface area contributed by atoms with Gasteiger partial charge in [-0.25, -0.2) is 4.79 Å². The van der Waals surface area contributed by atoms with Crippen molar-refractivity contribution in [1.82, 2.24) is 0 Å². The Balaban J connectivity index is 2.91. The summed E-state index contributed by atoms with van der Waals surface area (Å²) in [5.74, 6) is 0.222. The van der Waals surface area contributed by atoms with Gasteiger partial charge in [-0.05, 0) is 31.8 Å². The minimum Gasteiger partial charge on any atom is -0.544 e. The van der Waals surface area contributed by atoms with Crippen molar-refractivity contribution < 1.29 is 14.0 Å². The van der Waals surface area contributed by atoms with Gasteiger partial charge in [-0.1, -0.05) is 24.8 Å². The molecule has 0 heterocycles. The molecule has 0 saturated carbocycles. The van der Waals surface area contributed by atoms with E-state index in [9.17, 15) is 4.79 Å². The Morgan fingerprint density at radius 3 is 2.59 bits per heavy atom. The second-order valence-electron chi connectivity index (χ2n) is 4.60. The molecule has 0 saturated heterocycles. The second kappa shape index (κ2) is 5.68. The highest BCUT2D eigenvalue weighted by molar-refractivity contribution is 6.70. The summed E-state index contributed by atoms with van der Waals surface area (Å²) in [5.41, 5.74) is 0.469. The first-order valence-corrected chi connectivity index (χ1v) is 8.91. The number of carbonyl (C=O) groups excluding carboxylic acids is 1. The van der Waals surface area contributed by atoms with Gasteiger partial charge in [0.15, 0.2) is 0 Å². The number of hydrogen-bond acceptors (Lipinski definition) is 3. The van der Waals surface area contributed by atoms with Crippen molar-refractivity contribution in [3.63, 3.8) is 0 Å². The van der Waals surface area contributed by atoms with Crippen LogP contribution in [-0.4, -0.2) is 20.9 Å². The summed E-state index contributed by atoms with van der Waals surface area (Å²) >= 11 is 0. The largest absolute Gasteiger partial charge is 0.544 e. The summed E-state index contributed by atoms with van der Waals surface area (Å²) in [5, 5.41) is 0. The lowest BCUT2D eigenvalue weighted by Crippen LogP contribution is -2.30. The standard InChI is InChI=1S/C13H18O3Si/c1-5-10-15-13(14)11-8-6-7-9-12(11)16-17(2,3)4/h5-9H,1,10H2,2-4H3. The van der Waals surface area contributed by atoms with Gasteiger partial charge in [0.25, 0.3) is 0 Å². The molecule has 0 amide bonds. The van der Waals surface area contributed by atoms with E-state index < -0.39 is 8.32 Å². The summed E-state index contributed by atoms with van der Waals surface area (Å²) < 4.78 is 10.9. The first-order valence-electron chi connectivity index (χ1n) is 5.50. The molecule has 0 atom stereocenters. The molecule has 0 aliphatic rings. The Hall–Kier alpha value is -1.55. The highest BCUT2D eigenvalue weighted by Gasteiger charge is 2.20. The van der Waals surface area contributed by atoms with E-state index >= 15 is 0 Å². The van der Waals surface area contributed by atoms with E-state index in [0.29, 0.717) is 11.3 Å². The monoisotopic (exact) mass is 250 g/mol. The summed E-state index contributed by atoms with van der Waals surface area (Å²) in [7, 11) is -1.73. The number of esters is 1. The normalized spacial score (nSPS) is 10.8. The fraction of sp³-hybridized carbons (Fsp3) is 0.308. The lowest BCUT2D eigenvalue weighted by Gasteiger charge is -2.20. The first kappa shape index (κ1) is 13.5. The van der Waals surface area contributed by atoms with Crippen molar-refractivity contribution in [2.45, 2.75) is 19.6 Å². The summed E-state index contributed by atoms with van der Waals surface area (Å²) in [6, 6.07) is 7.14. The van der Waals surface area contributed by atoms with E-state index in [0.717, 1.165) is 0 Å². The van der Waals surface area contributed by atoms with E-state index in [1.165, 1.54) is 0 Å². The molecular weight excluding hydrogens is 232 g/mol. The maximum absolute atomic E-state index is 11.8. The van der Waals surface area contributed by atoms with E-state index in [4.69, 9.17) is 9.16 Å². The van der Waals surface area contributed by atoms with Crippen LogP contribution >= 0.6 is 0 Å². The molecule has 0 unspecified atom stereocenters. The Kier molecular flexibility index (Phi) is 4.51. The van der Waals surface area contributed by atoms with Crippen molar-refractivity contribution in [2.24, 2.45) is 0 Å². The summed E-state index contributed by atoms with van der Waals surface area (Å²) in [4.78, 5) is 11.8. The quantitative estimate of drug-likeness (QED) is 0.457. The van der Waals surface area contributed by atoms with Crippen LogP contribution in [0.3, 0.4) is 0 Å². The maximum Gasteiger partial charge on any atom is 0.342 e. The zero-order chi connectivity index (χ0) is 12.9. The van der Waals surface area contributed by atoms with Gasteiger partial charge < -0.3 is 9.16 Å². The molecule has 0 radical (unpaired) electrons. The van der Waals surface area contributed by atoms with Gasteiger partial charge >= 0.3 is 5.97 Å². The molecule has 0 aliphatic heterocycles. The zero-order valence-electron chi connectivity index (χ0n) is 10.5. The zero-order valence-corrected chi connectivity index (χ0v) is 11.5. The highest BCUT2D eigenvalue weighted by Crippen LogP contribution is 2.22. The van der Waals surface area contributed by atoms with Crippen LogP contribution < -0.4 is 4.43 Å². The average Bonchev–Trinajstić information content (AvgIpc) is 2.24. The number of ether oxygens (including phenoxy) is 1. The lowest BCUT2D eigenvalue weighted by molar-refractivity contribution is 0.0547. The van der Waals surface area contributed by atoms with E-state index in [1.54, 1.807) is 24.3 Å². The minimum atomic E-state index is -1.73. The molecule has 0 spiro atoms. The molecule has 0 fully saturated rings. The SMILES string of the molecule is C=CCOC(=O)c1ccccc1O[Si](C)(C)C. The first-order chi connectivity index (χ1) is 7.94. The second-order valence-corrected chi connectivity index (χ2v) is 9.03. The Labute approximate surface area is 103 Å². The molecule has 17 heavy (non-hydrogen) atoms. The van der Waals surface area contributed by atoms with E-state index in [2.05, 4.69) is 26.2 Å². The van der Waals surface area contributed by atoms with Gasteiger partial charge in [0.1, 0.15) is 17.9 Å². The van der Waals surface area contributed by atoms with E-state index in [1.807, 2.05) is 6.07 Å². The number of rotatable bonds is 5. The molecule has 0 N–H and O–H groups in total. The maximum atomic E-state index is 11.8. The van der Waals surface area contributed by atoms with Crippen LogP contribution in [0.4, 0.5) is 0 Å². The molecule has 3 nitrogen and oxygen atoms in total. The van der Waals surface area contributed by atoms with Crippen LogP contribution in [-0.2, 0) is 4.74 Å². The Bertz CT molecular complexity index is 407. The van der Waals surface area contributed by atoms with Gasteiger partial charge in [0.05, 0.1) is 0 Å². The molecule has 1 aromatic carbocycles. The van der Waals surface area contributed by atoms with Crippen LogP contribution in [0.25, 0.3) is 0 Å². The molecule has 0 bridgehead atoms. The van der Waals surface area contributed by atoms with E-state index in [-0.39, 0.29) is 12.6 Å². The number of carbonyl (C=O) groups is 1. The third-order valence-corrected chi connectivity index (χ3v) is 2.69. The van der Waals surface area contributed by atoms with Crippen LogP contribution in [0.5, 0.6) is 5.75 Å². The van der Waals surface area contributed by atoms with Crippen molar-refractivity contribution >= 4 is 14.3 Å². The summed E-state index contributed by atoms with van der Waals surface area (Å²) in [6.45, 7) is 9.92. The Morgan fingerprint density at radius 1 is 1.35 bits per heavy atom. The Morgan fingerprint density at radius 2 is 2.00 bits per heavy atom. The van der Waals surface area contributed by atoms with Crippen molar-refractivity contribution in [1.29, 1.82) is 0 Å². The van der Waals surface area contributed by atoms with Crippen LogP contribution in [0.2, 0.25) is 19.6 Å². The fourth-order valence-corrected chi connectivity index (χ4v) is 2.10. The number of benzene rings is 1. The third kappa shape index (κ3) is 4.44. The van der Waals surface area contributed by atoms with Gasteiger partial charge in [-0.2, -0.15) is 0 Å². The lowest BCUT2D eigenvalue weighted by atomic mass is 10.2. The predicted octanol–water partition coefficient (Wildman–Crippen LogP) is 3.24. The predicted molar refractivity (Wildman–Crippen MR) is 70.9 cm³/mol. The molecule has 1 aromatic rings. The van der Waals surface area contributed by atoms with Crippen molar-refractivity contribution in [2.75, 3.05) is 6.61 Å². The fourth-order valence-electron chi connectivity index (χ4n) is 1.27. The van der Waals surface area contributed by atoms with Crippen molar-refractivity contribution in [3.8, 4) is 5.75 Å². The van der Waals surface area contributed by atoms with Crippen LogP contribution in [0.1, 0.15) is 10.4 Å². The van der Waals surface area contributed by atoms with Gasteiger partial charge in [0, 0.05) is 0 Å². The smallest absolute Gasteiger partial charge is 0.342 e. The highest BCUT2D eigenvalue weighted by atomic mass is 28.4. The van der Waals surface area contributed by atoms with Crippen molar-refractivity contribution in [3.05, 3.63) is 42.5 Å². The molecular formula is C13H18O3Si. The van der Waals surface area contributed by atoms with Crippen LogP contribution in [0, 0.1) is 0 Å². The molecule has 92 valence electrons. The molecule has 1 rings (SSSR count). The number of para-hydroxylation sites is 1. The number of hydrogen-bond donors (Lipinski definition) is 0. The topological polar surface area (TPSA) is 35.5 Å². The van der Waals surface area contributed by atoms with Crippen LogP contribution in [0.15, 0.2) is 36.9 Å². The molecule has 4 heteroatoms. The van der Waals surface area contributed by atoms with Gasteiger partial charge in [-0.15, -0.1) is 0 Å². The van der Waals surface area contributed by atoms with Gasteiger partial charge in [-0.3, -0.25) is 0 Å². The molecule has 0 aromatic heterocycles. The third-order valence-electron chi connectivity index (χ3n) is 1.86. The average molecular weight is 250 g/mol. The summed E-state index contributed by atoms with van der Waals surface area (Å²) in [6.07, 6.45) is 1.54. The molecule has 0 aliphatic carbocycles. The van der Waals surface area contributed by atoms with Gasteiger partial charge in [0.2, 0.25) is 8.32 Å². The minimum absolute atomic E-state index is 0.208.